The van der Waals surface area contributed by atoms with E-state index >= 15 is 0 Å². The number of hydrogen-bond acceptors (Lipinski definition) is 1. The van der Waals surface area contributed by atoms with E-state index in [9.17, 15) is 5.21 Å². The third-order valence-electron chi connectivity index (χ3n) is 2.36. The lowest BCUT2D eigenvalue weighted by Crippen LogP contribution is -2.24. The number of hydroxylamine groups is 1. The van der Waals surface area contributed by atoms with Gasteiger partial charge in [0.1, 0.15) is 0 Å². The first-order chi connectivity index (χ1) is 5.84. The van der Waals surface area contributed by atoms with Gasteiger partial charge in [-0.15, -0.1) is 0 Å². The molecule has 0 aromatic rings. The van der Waals surface area contributed by atoms with E-state index in [0.717, 1.165) is 17.6 Å². The third-order valence-corrected chi connectivity index (χ3v) is 2.36. The highest BCUT2D eigenvalue weighted by Gasteiger charge is 2.18. The summed E-state index contributed by atoms with van der Waals surface area (Å²) in [5, 5.41) is 11.4. The van der Waals surface area contributed by atoms with Crippen molar-refractivity contribution < 1.29 is 4.74 Å². The fourth-order valence-corrected chi connectivity index (χ4v) is 1.63. The molecule has 1 aliphatic carbocycles. The summed E-state index contributed by atoms with van der Waals surface area (Å²) in [5.74, 6) is 0. The van der Waals surface area contributed by atoms with E-state index in [2.05, 4.69) is 0 Å². The molecule has 0 unspecified atom stereocenters. The minimum atomic E-state index is 0.245. The lowest BCUT2D eigenvalue weighted by atomic mass is 9.96. The maximum atomic E-state index is 11.4. The topological polar surface area (TPSA) is 26.1 Å². The second-order valence-corrected chi connectivity index (χ2v) is 3.33. The van der Waals surface area contributed by atoms with Crippen molar-refractivity contribution in [3.8, 4) is 0 Å². The molecule has 0 aromatic carbocycles. The molecule has 68 valence electrons. The summed E-state index contributed by atoms with van der Waals surface area (Å²) in [6.45, 7) is 1.92. The number of hydrogen-bond donors (Lipinski definition) is 0. The van der Waals surface area contributed by atoms with E-state index in [4.69, 9.17) is 0 Å². The smallest absolute Gasteiger partial charge is 0.174 e. The normalized spacial score (nSPS) is 21.9. The largest absolute Gasteiger partial charge is 0.624 e. The first-order valence-electron chi connectivity index (χ1n) is 4.76. The number of allylic oxidation sites excluding steroid dienone is 2. The second kappa shape index (κ2) is 4.96. The molecule has 0 saturated heterocycles. The molecule has 0 bridgehead atoms. The van der Waals surface area contributed by atoms with Crippen molar-refractivity contribution in [2.24, 2.45) is 0 Å². The van der Waals surface area contributed by atoms with Crippen LogP contribution in [-0.2, 0) is 0 Å². The molecule has 12 heavy (non-hydrogen) atoms. The maximum absolute atomic E-state index is 11.4. The highest BCUT2D eigenvalue weighted by molar-refractivity contribution is 5.66. The molecule has 1 rings (SSSR count). The van der Waals surface area contributed by atoms with Crippen LogP contribution in [0, 0.1) is 5.21 Å². The fourth-order valence-electron chi connectivity index (χ4n) is 1.63. The summed E-state index contributed by atoms with van der Waals surface area (Å²) < 4.78 is 1.11. The molecule has 1 fully saturated rings. The Morgan fingerprint density at radius 2 is 1.92 bits per heavy atom. The van der Waals surface area contributed by atoms with Crippen molar-refractivity contribution in [3.05, 3.63) is 17.4 Å². The summed E-state index contributed by atoms with van der Waals surface area (Å²) in [5.41, 5.74) is 0. The molecule has 2 nitrogen and oxygen atoms in total. The molecule has 0 aromatic heterocycles. The zero-order chi connectivity index (χ0) is 8.81. The van der Waals surface area contributed by atoms with Crippen molar-refractivity contribution in [1.29, 1.82) is 0 Å². The van der Waals surface area contributed by atoms with Crippen LogP contribution < -0.4 is 0 Å². The Kier molecular flexibility index (Phi) is 3.85. The standard InChI is InChI=1S/C10H17NO/c1-2-3-9-11(12)10-7-5-4-6-8-10/h2-3,9-10H,4-8H2,1H3/b3-2+,11-9-. The molecule has 1 aliphatic rings. The van der Waals surface area contributed by atoms with E-state index in [1.54, 1.807) is 6.21 Å². The fraction of sp³-hybridized carbons (Fsp3) is 0.700. The Morgan fingerprint density at radius 3 is 2.50 bits per heavy atom. The van der Waals surface area contributed by atoms with Crippen molar-refractivity contribution in [3.63, 3.8) is 0 Å². The molecular weight excluding hydrogens is 150 g/mol. The average Bonchev–Trinajstić information content (AvgIpc) is 2.15. The lowest BCUT2D eigenvalue weighted by Gasteiger charge is -2.20. The summed E-state index contributed by atoms with van der Waals surface area (Å²) >= 11 is 0. The molecule has 2 heteroatoms. The Balaban J connectivity index is 2.44. The van der Waals surface area contributed by atoms with E-state index in [-0.39, 0.29) is 6.04 Å². The van der Waals surface area contributed by atoms with Crippen molar-refractivity contribution in [2.75, 3.05) is 0 Å². The number of nitrogens with zero attached hydrogens (tertiary/aromatic N) is 1. The predicted octanol–water partition coefficient (Wildman–Crippen LogP) is 2.48. The van der Waals surface area contributed by atoms with Crippen LogP contribution in [0.15, 0.2) is 12.2 Å². The minimum absolute atomic E-state index is 0.245. The van der Waals surface area contributed by atoms with Crippen LogP contribution in [0.25, 0.3) is 0 Å². The minimum Gasteiger partial charge on any atom is -0.624 e. The van der Waals surface area contributed by atoms with Gasteiger partial charge < -0.3 is 5.21 Å². The van der Waals surface area contributed by atoms with E-state index in [1.807, 2.05) is 19.1 Å². The Bertz CT molecular complexity index is 178. The monoisotopic (exact) mass is 167 g/mol. The van der Waals surface area contributed by atoms with Crippen LogP contribution in [0.5, 0.6) is 0 Å². The molecule has 0 spiro atoms. The SMILES string of the molecule is C/C=C/C=[N+](\[O-])C1CCCCC1. The molecule has 0 N–H and O–H groups in total. The van der Waals surface area contributed by atoms with Gasteiger partial charge in [0.15, 0.2) is 12.3 Å². The molecule has 1 saturated carbocycles. The summed E-state index contributed by atoms with van der Waals surface area (Å²) in [7, 11) is 0. The van der Waals surface area contributed by atoms with Crippen LogP contribution in [0.2, 0.25) is 0 Å². The predicted molar refractivity (Wildman–Crippen MR) is 51.4 cm³/mol. The van der Waals surface area contributed by atoms with Gasteiger partial charge in [0.2, 0.25) is 0 Å². The quantitative estimate of drug-likeness (QED) is 0.268. The highest BCUT2D eigenvalue weighted by Crippen LogP contribution is 2.19. The van der Waals surface area contributed by atoms with Gasteiger partial charge in [-0.05, 0) is 25.8 Å². The van der Waals surface area contributed by atoms with Gasteiger partial charge in [-0.2, -0.15) is 0 Å². The average molecular weight is 167 g/mol. The molecule has 0 atom stereocenters. The van der Waals surface area contributed by atoms with Gasteiger partial charge in [-0.1, -0.05) is 12.5 Å². The van der Waals surface area contributed by atoms with Crippen molar-refractivity contribution in [1.82, 2.24) is 0 Å². The van der Waals surface area contributed by atoms with Gasteiger partial charge >= 0.3 is 0 Å². The third kappa shape index (κ3) is 2.68. The second-order valence-electron chi connectivity index (χ2n) is 3.33. The first-order valence-corrected chi connectivity index (χ1v) is 4.76. The van der Waals surface area contributed by atoms with Crippen LogP contribution in [0.4, 0.5) is 0 Å². The highest BCUT2D eigenvalue weighted by atomic mass is 16.5. The number of rotatable bonds is 2. The van der Waals surface area contributed by atoms with Gasteiger partial charge in [0.25, 0.3) is 0 Å². The van der Waals surface area contributed by atoms with Crippen LogP contribution >= 0.6 is 0 Å². The Hall–Kier alpha value is -0.790. The zero-order valence-electron chi connectivity index (χ0n) is 7.70. The maximum Gasteiger partial charge on any atom is 0.174 e. The summed E-state index contributed by atoms with van der Waals surface area (Å²) in [6.07, 6.45) is 11.2. The molecule has 0 heterocycles. The van der Waals surface area contributed by atoms with E-state index in [1.165, 1.54) is 19.3 Å². The van der Waals surface area contributed by atoms with Crippen molar-refractivity contribution >= 4 is 6.21 Å². The van der Waals surface area contributed by atoms with Gasteiger partial charge in [-0.3, -0.25) is 0 Å². The summed E-state index contributed by atoms with van der Waals surface area (Å²) in [4.78, 5) is 0. The lowest BCUT2D eigenvalue weighted by molar-refractivity contribution is -0.500. The molecule has 0 aliphatic heterocycles. The van der Waals surface area contributed by atoms with Crippen LogP contribution in [0.3, 0.4) is 0 Å². The van der Waals surface area contributed by atoms with Crippen LogP contribution in [-0.4, -0.2) is 17.0 Å². The van der Waals surface area contributed by atoms with Gasteiger partial charge in [0.05, 0.1) is 0 Å². The molecular formula is C10H17NO. The van der Waals surface area contributed by atoms with Crippen LogP contribution in [0.1, 0.15) is 39.0 Å². The Labute approximate surface area is 74.2 Å². The van der Waals surface area contributed by atoms with Gasteiger partial charge in [0, 0.05) is 12.8 Å². The van der Waals surface area contributed by atoms with E-state index in [0.29, 0.717) is 0 Å². The van der Waals surface area contributed by atoms with Gasteiger partial charge in [-0.25, -0.2) is 4.74 Å². The molecule has 0 radical (unpaired) electrons. The Morgan fingerprint density at radius 1 is 1.25 bits per heavy atom. The first kappa shape index (κ1) is 9.30. The molecule has 0 amide bonds. The zero-order valence-corrected chi connectivity index (χ0v) is 7.70. The van der Waals surface area contributed by atoms with Crippen molar-refractivity contribution in [2.45, 2.75) is 45.1 Å². The van der Waals surface area contributed by atoms with E-state index < -0.39 is 0 Å². The summed E-state index contributed by atoms with van der Waals surface area (Å²) in [6, 6.07) is 0.245.